The van der Waals surface area contributed by atoms with Gasteiger partial charge in [-0.25, -0.2) is 9.50 Å². The van der Waals surface area contributed by atoms with Crippen LogP contribution in [0.1, 0.15) is 0 Å². The van der Waals surface area contributed by atoms with E-state index in [2.05, 4.69) is 10.1 Å². The van der Waals surface area contributed by atoms with Gasteiger partial charge in [0, 0.05) is 11.8 Å². The van der Waals surface area contributed by atoms with Crippen LogP contribution in [-0.4, -0.2) is 21.4 Å². The van der Waals surface area contributed by atoms with Gasteiger partial charge in [0.25, 0.3) is 0 Å². The number of fused-ring (bicyclic) bond motifs is 2. The first-order valence-electron chi connectivity index (χ1n) is 5.60. The summed E-state index contributed by atoms with van der Waals surface area (Å²) in [5.74, 6) is 1.54. The molecule has 3 heterocycles. The number of aromatic nitrogens is 3. The van der Waals surface area contributed by atoms with Crippen molar-refractivity contribution in [3.05, 3.63) is 42.7 Å². The highest BCUT2D eigenvalue weighted by atomic mass is 16.7. The Hall–Kier alpha value is -2.56. The minimum Gasteiger partial charge on any atom is -0.454 e. The van der Waals surface area contributed by atoms with E-state index in [0.29, 0.717) is 0 Å². The maximum Gasteiger partial charge on any atom is 0.231 e. The molecule has 0 spiro atoms. The number of ether oxygens (including phenoxy) is 2. The molecule has 0 aliphatic carbocycles. The van der Waals surface area contributed by atoms with Crippen molar-refractivity contribution in [2.45, 2.75) is 0 Å². The Kier molecular flexibility index (Phi) is 1.82. The molecule has 5 nitrogen and oxygen atoms in total. The summed E-state index contributed by atoms with van der Waals surface area (Å²) in [6.45, 7) is 0.282. The second kappa shape index (κ2) is 3.46. The lowest BCUT2D eigenvalue weighted by Gasteiger charge is -2.02. The Morgan fingerprint density at radius 1 is 1.11 bits per heavy atom. The van der Waals surface area contributed by atoms with Gasteiger partial charge < -0.3 is 9.47 Å². The highest BCUT2D eigenvalue weighted by molar-refractivity contribution is 5.66. The van der Waals surface area contributed by atoms with E-state index >= 15 is 0 Å². The minimum absolute atomic E-state index is 0.282. The van der Waals surface area contributed by atoms with Crippen molar-refractivity contribution in [1.82, 2.24) is 14.6 Å². The molecule has 0 N–H and O–H groups in total. The first kappa shape index (κ1) is 9.47. The third-order valence-electron chi connectivity index (χ3n) is 2.95. The molecule has 3 aromatic rings. The zero-order valence-corrected chi connectivity index (χ0v) is 9.41. The standard InChI is InChI=1S/C13H9N3O2/c1-2-13-14-7-10(16(13)15-5-1)9-3-4-11-12(6-9)18-8-17-11/h1-7H,8H2. The summed E-state index contributed by atoms with van der Waals surface area (Å²) in [5, 5.41) is 4.29. The molecule has 0 radical (unpaired) electrons. The normalized spacial score (nSPS) is 13.1. The summed E-state index contributed by atoms with van der Waals surface area (Å²) in [7, 11) is 0. The lowest BCUT2D eigenvalue weighted by molar-refractivity contribution is 0.174. The van der Waals surface area contributed by atoms with Gasteiger partial charge in [0.1, 0.15) is 0 Å². The molecule has 0 unspecified atom stereocenters. The molecular formula is C13H9N3O2. The predicted octanol–water partition coefficient (Wildman–Crippen LogP) is 2.12. The second-order valence-corrected chi connectivity index (χ2v) is 4.01. The van der Waals surface area contributed by atoms with E-state index in [1.54, 1.807) is 16.9 Å². The fraction of sp³-hybridized carbons (Fsp3) is 0.0769. The molecule has 18 heavy (non-hydrogen) atoms. The zero-order chi connectivity index (χ0) is 11.9. The monoisotopic (exact) mass is 239 g/mol. The van der Waals surface area contributed by atoms with Crippen LogP contribution in [0, 0.1) is 0 Å². The number of imidazole rings is 1. The van der Waals surface area contributed by atoms with Crippen molar-refractivity contribution < 1.29 is 9.47 Å². The van der Waals surface area contributed by atoms with Crippen LogP contribution in [-0.2, 0) is 0 Å². The van der Waals surface area contributed by atoms with Gasteiger partial charge in [-0.15, -0.1) is 0 Å². The summed E-state index contributed by atoms with van der Waals surface area (Å²) in [4.78, 5) is 4.32. The van der Waals surface area contributed by atoms with E-state index in [1.807, 2.05) is 30.3 Å². The largest absolute Gasteiger partial charge is 0.454 e. The quantitative estimate of drug-likeness (QED) is 0.652. The van der Waals surface area contributed by atoms with Crippen LogP contribution < -0.4 is 9.47 Å². The van der Waals surface area contributed by atoms with Crippen LogP contribution >= 0.6 is 0 Å². The van der Waals surface area contributed by atoms with Crippen molar-refractivity contribution >= 4 is 5.65 Å². The SMILES string of the molecule is c1cnn2c(-c3ccc4c(c3)OCO4)cnc2c1. The molecule has 2 aromatic heterocycles. The number of hydrogen-bond donors (Lipinski definition) is 0. The van der Waals surface area contributed by atoms with Crippen LogP contribution in [0.25, 0.3) is 16.9 Å². The molecule has 0 fully saturated rings. The second-order valence-electron chi connectivity index (χ2n) is 4.01. The lowest BCUT2D eigenvalue weighted by atomic mass is 10.1. The fourth-order valence-electron chi connectivity index (χ4n) is 2.08. The lowest BCUT2D eigenvalue weighted by Crippen LogP contribution is -1.93. The van der Waals surface area contributed by atoms with E-state index in [1.165, 1.54) is 0 Å². The minimum atomic E-state index is 0.282. The van der Waals surface area contributed by atoms with Crippen molar-refractivity contribution in [3.63, 3.8) is 0 Å². The zero-order valence-electron chi connectivity index (χ0n) is 9.41. The van der Waals surface area contributed by atoms with E-state index in [9.17, 15) is 0 Å². The fourth-order valence-corrected chi connectivity index (χ4v) is 2.08. The van der Waals surface area contributed by atoms with Crippen LogP contribution in [0.15, 0.2) is 42.7 Å². The number of hydrogen-bond acceptors (Lipinski definition) is 4. The van der Waals surface area contributed by atoms with Gasteiger partial charge >= 0.3 is 0 Å². The molecule has 0 saturated carbocycles. The molecule has 1 aliphatic rings. The molecule has 0 atom stereocenters. The predicted molar refractivity (Wildman–Crippen MR) is 64.5 cm³/mol. The van der Waals surface area contributed by atoms with Crippen LogP contribution in [0.3, 0.4) is 0 Å². The van der Waals surface area contributed by atoms with Gasteiger partial charge in [-0.1, -0.05) is 0 Å². The maximum atomic E-state index is 5.38. The summed E-state index contributed by atoms with van der Waals surface area (Å²) < 4.78 is 12.5. The molecule has 0 saturated heterocycles. The summed E-state index contributed by atoms with van der Waals surface area (Å²) in [5.41, 5.74) is 2.76. The molecule has 0 amide bonds. The molecular weight excluding hydrogens is 230 g/mol. The number of rotatable bonds is 1. The highest BCUT2D eigenvalue weighted by Crippen LogP contribution is 2.35. The molecule has 1 aromatic carbocycles. The Morgan fingerprint density at radius 2 is 2.06 bits per heavy atom. The van der Waals surface area contributed by atoms with E-state index in [4.69, 9.17) is 9.47 Å². The average molecular weight is 239 g/mol. The van der Waals surface area contributed by atoms with Gasteiger partial charge in [0.2, 0.25) is 6.79 Å². The summed E-state index contributed by atoms with van der Waals surface area (Å²) in [6.07, 6.45) is 3.55. The molecule has 0 bridgehead atoms. The van der Waals surface area contributed by atoms with E-state index in [0.717, 1.165) is 28.4 Å². The van der Waals surface area contributed by atoms with Crippen molar-refractivity contribution in [2.75, 3.05) is 6.79 Å². The van der Waals surface area contributed by atoms with E-state index in [-0.39, 0.29) is 6.79 Å². The first-order valence-corrected chi connectivity index (χ1v) is 5.60. The van der Waals surface area contributed by atoms with Gasteiger partial charge in [-0.3, -0.25) is 0 Å². The van der Waals surface area contributed by atoms with Gasteiger partial charge in [-0.05, 0) is 30.3 Å². The molecule has 88 valence electrons. The van der Waals surface area contributed by atoms with Crippen molar-refractivity contribution in [3.8, 4) is 22.8 Å². The molecule has 4 rings (SSSR count). The Morgan fingerprint density at radius 3 is 3.06 bits per heavy atom. The summed E-state index contributed by atoms with van der Waals surface area (Å²) in [6, 6.07) is 9.61. The number of nitrogens with zero attached hydrogens (tertiary/aromatic N) is 3. The van der Waals surface area contributed by atoms with E-state index < -0.39 is 0 Å². The first-order chi connectivity index (χ1) is 8.92. The Labute approximate surface area is 103 Å². The molecule has 1 aliphatic heterocycles. The van der Waals surface area contributed by atoms with Crippen LogP contribution in [0.5, 0.6) is 11.5 Å². The highest BCUT2D eigenvalue weighted by Gasteiger charge is 2.15. The topological polar surface area (TPSA) is 48.7 Å². The third-order valence-corrected chi connectivity index (χ3v) is 2.95. The van der Waals surface area contributed by atoms with Crippen molar-refractivity contribution in [2.24, 2.45) is 0 Å². The molecule has 5 heteroatoms. The maximum absolute atomic E-state index is 5.38. The Bertz CT molecular complexity index is 736. The Balaban J connectivity index is 1.92. The number of benzene rings is 1. The third kappa shape index (κ3) is 1.27. The van der Waals surface area contributed by atoms with Crippen molar-refractivity contribution in [1.29, 1.82) is 0 Å². The van der Waals surface area contributed by atoms with Crippen LogP contribution in [0.4, 0.5) is 0 Å². The summed E-state index contributed by atoms with van der Waals surface area (Å²) >= 11 is 0. The van der Waals surface area contributed by atoms with Gasteiger partial charge in [0.15, 0.2) is 17.1 Å². The van der Waals surface area contributed by atoms with Crippen LogP contribution in [0.2, 0.25) is 0 Å². The van der Waals surface area contributed by atoms with Gasteiger partial charge in [-0.2, -0.15) is 5.10 Å². The average Bonchev–Trinajstić information content (AvgIpc) is 3.04. The smallest absolute Gasteiger partial charge is 0.231 e. The van der Waals surface area contributed by atoms with Gasteiger partial charge in [0.05, 0.1) is 11.9 Å².